The number of hydrogen-bond donors (Lipinski definition) is 0. The van der Waals surface area contributed by atoms with E-state index in [4.69, 9.17) is 0 Å². The normalized spacial score (nSPS) is 15.1. The lowest BCUT2D eigenvalue weighted by Gasteiger charge is -2.38. The average Bonchev–Trinajstić information content (AvgIpc) is 3.23. The van der Waals surface area contributed by atoms with Crippen LogP contribution >= 0.6 is 0 Å². The van der Waals surface area contributed by atoms with Crippen molar-refractivity contribution in [2.75, 3.05) is 31.1 Å². The first kappa shape index (κ1) is 25.5. The highest BCUT2D eigenvalue weighted by atomic mass is 19.1. The molecule has 1 fully saturated rings. The number of amides is 3. The highest BCUT2D eigenvalue weighted by Crippen LogP contribution is 2.34. The van der Waals surface area contributed by atoms with Crippen molar-refractivity contribution in [2.45, 2.75) is 12.5 Å². The van der Waals surface area contributed by atoms with Crippen LogP contribution in [0.4, 0.5) is 10.1 Å². The Balaban J connectivity index is 1.20. The van der Waals surface area contributed by atoms with Crippen molar-refractivity contribution in [1.82, 2.24) is 9.80 Å². The van der Waals surface area contributed by atoms with Crippen LogP contribution in [-0.4, -0.2) is 53.7 Å². The quantitative estimate of drug-likeness (QED) is 0.324. The molecule has 6 rings (SSSR count). The Morgan fingerprint density at radius 3 is 1.98 bits per heavy atom. The molecule has 4 aromatic carbocycles. The predicted molar refractivity (Wildman–Crippen MR) is 151 cm³/mol. The number of nitrogens with zero attached hydrogens (tertiary/aromatic N) is 3. The zero-order valence-corrected chi connectivity index (χ0v) is 21.9. The smallest absolute Gasteiger partial charge is 0.263 e. The minimum atomic E-state index is -0.413. The van der Waals surface area contributed by atoms with Gasteiger partial charge >= 0.3 is 0 Å². The van der Waals surface area contributed by atoms with E-state index in [2.05, 4.69) is 4.90 Å². The van der Waals surface area contributed by atoms with E-state index in [0.717, 1.165) is 11.1 Å². The summed E-state index contributed by atoms with van der Waals surface area (Å²) in [6.45, 7) is 2.06. The molecular weight excluding hydrogens is 505 g/mol. The molecule has 40 heavy (non-hydrogen) atoms. The van der Waals surface area contributed by atoms with Gasteiger partial charge in [-0.2, -0.15) is 0 Å². The average molecular weight is 534 g/mol. The summed E-state index contributed by atoms with van der Waals surface area (Å²) in [7, 11) is 0. The standard InChI is InChI=1S/C33H28FN3O3/c34-26-14-7-9-23(21-26)22-37-31(38)27-15-8-16-28(30(27)33(37)40)35-17-19-36(20-18-35)32(39)29(24-10-3-1-4-11-24)25-12-5-2-6-13-25/h1-16,21,29H,17-20,22H2. The van der Waals surface area contributed by atoms with Crippen molar-refractivity contribution >= 4 is 23.4 Å². The van der Waals surface area contributed by atoms with Crippen LogP contribution in [0.3, 0.4) is 0 Å². The zero-order valence-electron chi connectivity index (χ0n) is 21.9. The van der Waals surface area contributed by atoms with E-state index in [1.165, 1.54) is 17.0 Å². The number of carbonyl (C=O) groups is 3. The van der Waals surface area contributed by atoms with Crippen LogP contribution in [-0.2, 0) is 11.3 Å². The third-order valence-corrected chi connectivity index (χ3v) is 7.65. The Morgan fingerprint density at radius 2 is 1.35 bits per heavy atom. The van der Waals surface area contributed by atoms with Gasteiger partial charge in [-0.3, -0.25) is 19.3 Å². The number of benzene rings is 4. The maximum absolute atomic E-state index is 13.8. The van der Waals surface area contributed by atoms with E-state index in [0.29, 0.717) is 48.6 Å². The summed E-state index contributed by atoms with van der Waals surface area (Å²) in [6.07, 6.45) is 0. The summed E-state index contributed by atoms with van der Waals surface area (Å²) in [5.74, 6) is -1.53. The van der Waals surface area contributed by atoms with E-state index >= 15 is 0 Å². The molecule has 0 unspecified atom stereocenters. The number of fused-ring (bicyclic) bond motifs is 1. The van der Waals surface area contributed by atoms with Gasteiger partial charge in [0.1, 0.15) is 5.82 Å². The van der Waals surface area contributed by atoms with E-state index < -0.39 is 11.7 Å². The first-order valence-electron chi connectivity index (χ1n) is 13.4. The molecule has 0 aromatic heterocycles. The molecule has 2 aliphatic rings. The van der Waals surface area contributed by atoms with Gasteiger partial charge in [0.05, 0.1) is 29.3 Å². The zero-order chi connectivity index (χ0) is 27.6. The molecule has 0 N–H and O–H groups in total. The van der Waals surface area contributed by atoms with E-state index in [9.17, 15) is 18.8 Å². The van der Waals surface area contributed by atoms with Crippen molar-refractivity contribution < 1.29 is 18.8 Å². The van der Waals surface area contributed by atoms with Gasteiger partial charge in [0, 0.05) is 26.2 Å². The molecule has 0 spiro atoms. The van der Waals surface area contributed by atoms with Gasteiger partial charge in [0.25, 0.3) is 11.8 Å². The molecular formula is C33H28FN3O3. The summed E-state index contributed by atoms with van der Waals surface area (Å²) in [5.41, 5.74) is 3.86. The molecule has 0 saturated carbocycles. The molecule has 6 nitrogen and oxygen atoms in total. The van der Waals surface area contributed by atoms with Crippen molar-refractivity contribution in [2.24, 2.45) is 0 Å². The molecule has 2 heterocycles. The number of carbonyl (C=O) groups excluding carboxylic acids is 3. The number of rotatable bonds is 6. The maximum Gasteiger partial charge on any atom is 0.263 e. The van der Waals surface area contributed by atoms with Crippen LogP contribution in [0.15, 0.2) is 103 Å². The number of piperazine rings is 1. The lowest BCUT2D eigenvalue weighted by molar-refractivity contribution is -0.132. The number of halogens is 1. The molecule has 0 atom stereocenters. The Morgan fingerprint density at radius 1 is 0.725 bits per heavy atom. The van der Waals surface area contributed by atoms with Gasteiger partial charge < -0.3 is 9.80 Å². The Bertz CT molecular complexity index is 1530. The predicted octanol–water partition coefficient (Wildman–Crippen LogP) is 5.10. The molecule has 1 saturated heterocycles. The lowest BCUT2D eigenvalue weighted by Crippen LogP contribution is -2.50. The fraction of sp³-hybridized carbons (Fsp3) is 0.182. The van der Waals surface area contributed by atoms with Crippen LogP contribution in [0.2, 0.25) is 0 Å². The molecule has 0 aliphatic carbocycles. The van der Waals surface area contributed by atoms with Gasteiger partial charge in [-0.25, -0.2) is 4.39 Å². The highest BCUT2D eigenvalue weighted by molar-refractivity contribution is 6.23. The molecule has 4 aromatic rings. The third-order valence-electron chi connectivity index (χ3n) is 7.65. The number of anilines is 1. The Labute approximate surface area is 232 Å². The Hall–Kier alpha value is -4.78. The fourth-order valence-electron chi connectivity index (χ4n) is 5.66. The minimum Gasteiger partial charge on any atom is -0.367 e. The number of imide groups is 1. The maximum atomic E-state index is 13.8. The van der Waals surface area contributed by atoms with E-state index in [1.807, 2.05) is 71.6 Å². The second-order valence-electron chi connectivity index (χ2n) is 10.1. The molecule has 2 aliphatic heterocycles. The van der Waals surface area contributed by atoms with Crippen molar-refractivity contribution in [1.29, 1.82) is 0 Å². The van der Waals surface area contributed by atoms with Crippen LogP contribution in [0.25, 0.3) is 0 Å². The van der Waals surface area contributed by atoms with E-state index in [-0.39, 0.29) is 24.3 Å². The monoisotopic (exact) mass is 533 g/mol. The van der Waals surface area contributed by atoms with Gasteiger partial charge in [-0.15, -0.1) is 0 Å². The van der Waals surface area contributed by atoms with Crippen molar-refractivity contribution in [3.8, 4) is 0 Å². The van der Waals surface area contributed by atoms with Crippen LogP contribution in [0.5, 0.6) is 0 Å². The number of hydrogen-bond acceptors (Lipinski definition) is 4. The minimum absolute atomic E-state index is 0.00614. The first-order valence-corrected chi connectivity index (χ1v) is 13.4. The second-order valence-corrected chi connectivity index (χ2v) is 10.1. The molecule has 0 radical (unpaired) electrons. The third kappa shape index (κ3) is 4.75. The molecule has 200 valence electrons. The topological polar surface area (TPSA) is 60.9 Å². The van der Waals surface area contributed by atoms with Crippen LogP contribution < -0.4 is 4.90 Å². The summed E-state index contributed by atoms with van der Waals surface area (Å²) < 4.78 is 13.7. The first-order chi connectivity index (χ1) is 19.5. The lowest BCUT2D eigenvalue weighted by atomic mass is 9.90. The molecule has 7 heteroatoms. The van der Waals surface area contributed by atoms with E-state index in [1.54, 1.807) is 24.3 Å². The largest absolute Gasteiger partial charge is 0.367 e. The van der Waals surface area contributed by atoms with Crippen LogP contribution in [0.1, 0.15) is 43.3 Å². The van der Waals surface area contributed by atoms with Crippen molar-refractivity contribution in [3.05, 3.63) is 137 Å². The summed E-state index contributed by atoms with van der Waals surface area (Å²) in [5, 5.41) is 0. The van der Waals surface area contributed by atoms with Gasteiger partial charge in [0.2, 0.25) is 5.91 Å². The second kappa shape index (κ2) is 10.8. The summed E-state index contributed by atoms with van der Waals surface area (Å²) in [6, 6.07) is 30.8. The summed E-state index contributed by atoms with van der Waals surface area (Å²) in [4.78, 5) is 45.6. The highest BCUT2D eigenvalue weighted by Gasteiger charge is 2.39. The molecule has 0 bridgehead atoms. The fourth-order valence-corrected chi connectivity index (χ4v) is 5.66. The molecule has 3 amide bonds. The van der Waals surface area contributed by atoms with Crippen LogP contribution in [0, 0.1) is 5.82 Å². The SMILES string of the molecule is O=C(C(c1ccccc1)c1ccccc1)N1CCN(c2cccc3c2C(=O)N(Cc2cccc(F)c2)C3=O)CC1. The van der Waals surface area contributed by atoms with Gasteiger partial charge in [-0.05, 0) is 41.0 Å². The Kier molecular flexibility index (Phi) is 6.86. The van der Waals surface area contributed by atoms with Gasteiger partial charge in [0.15, 0.2) is 0 Å². The van der Waals surface area contributed by atoms with Crippen molar-refractivity contribution in [3.63, 3.8) is 0 Å². The van der Waals surface area contributed by atoms with Gasteiger partial charge in [-0.1, -0.05) is 78.9 Å². The summed E-state index contributed by atoms with van der Waals surface area (Å²) >= 11 is 0.